The van der Waals surface area contributed by atoms with Crippen molar-refractivity contribution in [1.29, 1.82) is 0 Å². The van der Waals surface area contributed by atoms with Gasteiger partial charge in [0.1, 0.15) is 0 Å². The van der Waals surface area contributed by atoms with E-state index in [2.05, 4.69) is 13.8 Å². The molecule has 0 bridgehead atoms. The van der Waals surface area contributed by atoms with Crippen LogP contribution in [0.3, 0.4) is 0 Å². The first kappa shape index (κ1) is 13.1. The Morgan fingerprint density at radius 3 is 2.53 bits per heavy atom. The molecule has 0 aliphatic heterocycles. The summed E-state index contributed by atoms with van der Waals surface area (Å²) in [6.45, 7) is 4.41. The van der Waals surface area contributed by atoms with Crippen LogP contribution in [0, 0.1) is 11.3 Å². The van der Waals surface area contributed by atoms with Crippen LogP contribution < -0.4 is 0 Å². The lowest BCUT2D eigenvalue weighted by Crippen LogP contribution is -2.29. The highest BCUT2D eigenvalue weighted by atomic mass is 35.5. The fourth-order valence-electron chi connectivity index (χ4n) is 3.05. The van der Waals surface area contributed by atoms with Crippen molar-refractivity contribution in [1.82, 2.24) is 0 Å². The Balaban J connectivity index is 2.24. The van der Waals surface area contributed by atoms with Crippen LogP contribution in [0.5, 0.6) is 0 Å². The lowest BCUT2D eigenvalue weighted by atomic mass is 9.74. The van der Waals surface area contributed by atoms with Gasteiger partial charge in [0.25, 0.3) is 0 Å². The summed E-state index contributed by atoms with van der Waals surface area (Å²) >= 11 is 7.35. The van der Waals surface area contributed by atoms with E-state index in [4.69, 9.17) is 11.6 Å². The highest BCUT2D eigenvalue weighted by Crippen LogP contribution is 2.46. The summed E-state index contributed by atoms with van der Waals surface area (Å²) in [6, 6.07) is 3.72. The van der Waals surface area contributed by atoms with Crippen molar-refractivity contribution < 1.29 is 4.79 Å². The van der Waals surface area contributed by atoms with Crippen LogP contribution >= 0.6 is 22.9 Å². The van der Waals surface area contributed by atoms with Crippen LogP contribution in [-0.2, 0) is 0 Å². The van der Waals surface area contributed by atoms with Gasteiger partial charge < -0.3 is 0 Å². The lowest BCUT2D eigenvalue weighted by molar-refractivity contribution is 0.0764. The van der Waals surface area contributed by atoms with Crippen LogP contribution in [-0.4, -0.2) is 5.78 Å². The van der Waals surface area contributed by atoms with Gasteiger partial charge in [0.15, 0.2) is 5.78 Å². The Bertz CT molecular complexity index is 402. The molecular formula is C14H19ClOS. The zero-order chi connectivity index (χ0) is 12.5. The zero-order valence-corrected chi connectivity index (χ0v) is 12.0. The van der Waals surface area contributed by atoms with Gasteiger partial charge in [-0.3, -0.25) is 4.79 Å². The summed E-state index contributed by atoms with van der Waals surface area (Å²) in [6.07, 6.45) is 5.51. The molecule has 1 heterocycles. The van der Waals surface area contributed by atoms with Crippen molar-refractivity contribution in [3.05, 3.63) is 21.3 Å². The monoisotopic (exact) mass is 270 g/mol. The number of carbonyl (C=O) groups excluding carboxylic acids is 1. The Morgan fingerprint density at radius 1 is 1.41 bits per heavy atom. The van der Waals surface area contributed by atoms with Crippen LogP contribution in [0.25, 0.3) is 0 Å². The van der Waals surface area contributed by atoms with E-state index in [0.29, 0.717) is 16.0 Å². The molecule has 1 fully saturated rings. The Kier molecular flexibility index (Phi) is 3.94. The summed E-state index contributed by atoms with van der Waals surface area (Å²) in [7, 11) is 0. The molecule has 2 rings (SSSR count). The average molecular weight is 271 g/mol. The number of Topliss-reactive ketones (excluding diaryl/α,β-unsaturated/α-hetero) is 1. The first-order valence-corrected chi connectivity index (χ1v) is 7.53. The van der Waals surface area contributed by atoms with Gasteiger partial charge in [-0.25, -0.2) is 0 Å². The van der Waals surface area contributed by atoms with Crippen molar-refractivity contribution in [2.75, 3.05) is 0 Å². The summed E-state index contributed by atoms with van der Waals surface area (Å²) in [4.78, 5) is 13.5. The van der Waals surface area contributed by atoms with Crippen molar-refractivity contribution in [2.24, 2.45) is 11.3 Å². The highest BCUT2D eigenvalue weighted by molar-refractivity contribution is 7.18. The second-order valence-corrected chi connectivity index (χ2v) is 7.23. The van der Waals surface area contributed by atoms with Crippen molar-refractivity contribution >= 4 is 28.7 Å². The second-order valence-electron chi connectivity index (χ2n) is 5.52. The van der Waals surface area contributed by atoms with E-state index >= 15 is 0 Å². The predicted molar refractivity (Wildman–Crippen MR) is 74.0 cm³/mol. The van der Waals surface area contributed by atoms with Crippen LogP contribution in [0.4, 0.5) is 0 Å². The number of thiophene rings is 1. The van der Waals surface area contributed by atoms with Gasteiger partial charge in [0, 0.05) is 5.41 Å². The van der Waals surface area contributed by atoms with Gasteiger partial charge in [-0.2, -0.15) is 0 Å². The van der Waals surface area contributed by atoms with Crippen molar-refractivity contribution in [3.63, 3.8) is 0 Å². The number of hydrogen-bond acceptors (Lipinski definition) is 2. The molecule has 1 aliphatic carbocycles. The van der Waals surface area contributed by atoms with Crippen LogP contribution in [0.15, 0.2) is 12.1 Å². The third-order valence-corrected chi connectivity index (χ3v) is 4.87. The molecule has 1 aromatic heterocycles. The molecule has 0 radical (unpaired) electrons. The first-order chi connectivity index (χ1) is 8.03. The van der Waals surface area contributed by atoms with E-state index in [1.165, 1.54) is 24.2 Å². The minimum Gasteiger partial charge on any atom is -0.293 e. The molecule has 0 spiro atoms. The largest absolute Gasteiger partial charge is 0.293 e. The SMILES string of the molecule is CC(C)CC1(C(=O)c2ccc(Cl)s2)CCCC1. The van der Waals surface area contributed by atoms with E-state index in [-0.39, 0.29) is 5.41 Å². The molecule has 0 unspecified atom stereocenters. The van der Waals surface area contributed by atoms with Crippen molar-refractivity contribution in [2.45, 2.75) is 46.0 Å². The van der Waals surface area contributed by atoms with E-state index < -0.39 is 0 Å². The summed E-state index contributed by atoms with van der Waals surface area (Å²) in [5.41, 5.74) is -0.0949. The molecule has 17 heavy (non-hydrogen) atoms. The molecule has 94 valence electrons. The lowest BCUT2D eigenvalue weighted by Gasteiger charge is -2.28. The van der Waals surface area contributed by atoms with Gasteiger partial charge in [0.05, 0.1) is 9.21 Å². The Labute approximate surface area is 112 Å². The minimum absolute atomic E-state index is 0.0949. The van der Waals surface area contributed by atoms with Gasteiger partial charge >= 0.3 is 0 Å². The van der Waals surface area contributed by atoms with Gasteiger partial charge in [0.2, 0.25) is 0 Å². The average Bonchev–Trinajstić information content (AvgIpc) is 2.86. The van der Waals surface area contributed by atoms with E-state index in [0.717, 1.165) is 24.1 Å². The molecule has 0 N–H and O–H groups in total. The number of carbonyl (C=O) groups is 1. The maximum Gasteiger partial charge on any atom is 0.178 e. The van der Waals surface area contributed by atoms with Crippen LogP contribution in [0.2, 0.25) is 4.34 Å². The summed E-state index contributed by atoms with van der Waals surface area (Å²) in [5.74, 6) is 0.910. The Morgan fingerprint density at radius 2 is 2.06 bits per heavy atom. The standard InChI is InChI=1S/C14H19ClOS/c1-10(2)9-14(7-3-4-8-14)13(16)11-5-6-12(15)17-11/h5-6,10H,3-4,7-9H2,1-2H3. The number of ketones is 1. The minimum atomic E-state index is -0.0949. The molecule has 0 aromatic carbocycles. The van der Waals surface area contributed by atoms with Crippen molar-refractivity contribution in [3.8, 4) is 0 Å². The van der Waals surface area contributed by atoms with Gasteiger partial charge in [-0.15, -0.1) is 11.3 Å². The highest BCUT2D eigenvalue weighted by Gasteiger charge is 2.42. The molecule has 0 atom stereocenters. The third-order valence-electron chi connectivity index (χ3n) is 3.64. The number of hydrogen-bond donors (Lipinski definition) is 0. The summed E-state index contributed by atoms with van der Waals surface area (Å²) < 4.78 is 0.714. The fraction of sp³-hybridized carbons (Fsp3) is 0.643. The second kappa shape index (κ2) is 5.11. The predicted octanol–water partition coefficient (Wildman–Crippen LogP) is 5.19. The number of rotatable bonds is 4. The van der Waals surface area contributed by atoms with E-state index in [1.54, 1.807) is 0 Å². The smallest absolute Gasteiger partial charge is 0.178 e. The molecule has 1 saturated carbocycles. The van der Waals surface area contributed by atoms with E-state index in [9.17, 15) is 4.79 Å². The topological polar surface area (TPSA) is 17.1 Å². The third kappa shape index (κ3) is 2.74. The molecule has 0 amide bonds. The quantitative estimate of drug-likeness (QED) is 0.688. The number of halogens is 1. The molecule has 1 aromatic rings. The molecule has 3 heteroatoms. The van der Waals surface area contributed by atoms with Crippen LogP contribution in [0.1, 0.15) is 55.6 Å². The fourth-order valence-corrected chi connectivity index (χ4v) is 4.16. The molecule has 0 saturated heterocycles. The first-order valence-electron chi connectivity index (χ1n) is 6.34. The molecule has 1 aliphatic rings. The maximum atomic E-state index is 12.7. The normalized spacial score (nSPS) is 18.8. The molecule has 1 nitrogen and oxygen atoms in total. The zero-order valence-electron chi connectivity index (χ0n) is 10.5. The Hall–Kier alpha value is -0.340. The van der Waals surface area contributed by atoms with Gasteiger partial charge in [-0.05, 0) is 37.3 Å². The molecular weight excluding hydrogens is 252 g/mol. The maximum absolute atomic E-state index is 12.7. The van der Waals surface area contributed by atoms with Gasteiger partial charge in [-0.1, -0.05) is 38.3 Å². The van der Waals surface area contributed by atoms with E-state index in [1.807, 2.05) is 12.1 Å². The summed E-state index contributed by atoms with van der Waals surface area (Å²) in [5, 5.41) is 0.